The summed E-state index contributed by atoms with van der Waals surface area (Å²) in [6.07, 6.45) is 1.85. The van der Waals surface area contributed by atoms with E-state index in [2.05, 4.69) is 15.5 Å². The maximum absolute atomic E-state index is 5.44. The van der Waals surface area contributed by atoms with Gasteiger partial charge in [-0.15, -0.1) is 0 Å². The average molecular weight is 353 g/mol. The van der Waals surface area contributed by atoms with Gasteiger partial charge in [-0.2, -0.15) is 5.10 Å². The first-order valence-electron chi connectivity index (χ1n) is 8.33. The SMILES string of the molecule is COc1ccc(-c2[nH]ncc2CNCc2ccc(OC)cc2OC)cc1. The van der Waals surface area contributed by atoms with E-state index in [0.717, 1.165) is 39.6 Å². The molecule has 1 aromatic heterocycles. The normalized spacial score (nSPS) is 10.6. The predicted octanol–water partition coefficient (Wildman–Crippen LogP) is 3.39. The number of benzene rings is 2. The largest absolute Gasteiger partial charge is 0.497 e. The molecule has 0 amide bonds. The molecule has 6 nitrogen and oxygen atoms in total. The summed E-state index contributed by atoms with van der Waals surface area (Å²) >= 11 is 0. The molecule has 2 aromatic carbocycles. The molecule has 6 heteroatoms. The Hall–Kier alpha value is -2.99. The molecule has 0 saturated heterocycles. The van der Waals surface area contributed by atoms with Gasteiger partial charge >= 0.3 is 0 Å². The van der Waals surface area contributed by atoms with Gasteiger partial charge in [0.1, 0.15) is 17.2 Å². The molecule has 0 aliphatic rings. The van der Waals surface area contributed by atoms with Crippen LogP contribution in [0.2, 0.25) is 0 Å². The third-order valence-corrected chi connectivity index (χ3v) is 4.22. The van der Waals surface area contributed by atoms with E-state index < -0.39 is 0 Å². The van der Waals surface area contributed by atoms with Crippen molar-refractivity contribution < 1.29 is 14.2 Å². The first-order chi connectivity index (χ1) is 12.7. The van der Waals surface area contributed by atoms with Crippen molar-refractivity contribution in [3.8, 4) is 28.5 Å². The van der Waals surface area contributed by atoms with Gasteiger partial charge in [0.05, 0.1) is 33.2 Å². The zero-order valence-electron chi connectivity index (χ0n) is 15.2. The predicted molar refractivity (Wildman–Crippen MR) is 101 cm³/mol. The van der Waals surface area contributed by atoms with Gasteiger partial charge in [-0.25, -0.2) is 0 Å². The molecule has 0 spiro atoms. The van der Waals surface area contributed by atoms with E-state index >= 15 is 0 Å². The number of ether oxygens (including phenoxy) is 3. The lowest BCUT2D eigenvalue weighted by Gasteiger charge is -2.11. The quantitative estimate of drug-likeness (QED) is 0.650. The first-order valence-corrected chi connectivity index (χ1v) is 8.33. The number of aromatic amines is 1. The van der Waals surface area contributed by atoms with Gasteiger partial charge in [-0.3, -0.25) is 5.10 Å². The molecule has 0 bridgehead atoms. The van der Waals surface area contributed by atoms with Crippen molar-refractivity contribution in [2.75, 3.05) is 21.3 Å². The minimum absolute atomic E-state index is 0.681. The van der Waals surface area contributed by atoms with Crippen LogP contribution in [0.15, 0.2) is 48.7 Å². The Morgan fingerprint density at radius 2 is 1.54 bits per heavy atom. The molecular formula is C20H23N3O3. The Kier molecular flexibility index (Phi) is 5.76. The third-order valence-electron chi connectivity index (χ3n) is 4.22. The van der Waals surface area contributed by atoms with Gasteiger partial charge in [-0.1, -0.05) is 6.07 Å². The van der Waals surface area contributed by atoms with Crippen LogP contribution in [0.4, 0.5) is 0 Å². The van der Waals surface area contributed by atoms with Crippen LogP contribution in [-0.4, -0.2) is 31.5 Å². The summed E-state index contributed by atoms with van der Waals surface area (Å²) in [6.45, 7) is 1.37. The molecule has 26 heavy (non-hydrogen) atoms. The van der Waals surface area contributed by atoms with Crippen molar-refractivity contribution in [1.29, 1.82) is 0 Å². The zero-order valence-corrected chi connectivity index (χ0v) is 15.2. The minimum atomic E-state index is 0.681. The average Bonchev–Trinajstić information content (AvgIpc) is 3.16. The van der Waals surface area contributed by atoms with Gasteiger partial charge in [0.15, 0.2) is 0 Å². The zero-order chi connectivity index (χ0) is 18.4. The molecule has 0 unspecified atom stereocenters. The highest BCUT2D eigenvalue weighted by molar-refractivity contribution is 5.63. The maximum atomic E-state index is 5.44. The summed E-state index contributed by atoms with van der Waals surface area (Å²) in [4.78, 5) is 0. The number of H-pyrrole nitrogens is 1. The summed E-state index contributed by atoms with van der Waals surface area (Å²) < 4.78 is 15.9. The van der Waals surface area contributed by atoms with E-state index in [9.17, 15) is 0 Å². The van der Waals surface area contributed by atoms with E-state index in [4.69, 9.17) is 14.2 Å². The van der Waals surface area contributed by atoms with Crippen LogP contribution < -0.4 is 19.5 Å². The Morgan fingerprint density at radius 1 is 0.846 bits per heavy atom. The van der Waals surface area contributed by atoms with Gasteiger partial charge < -0.3 is 19.5 Å². The number of aromatic nitrogens is 2. The van der Waals surface area contributed by atoms with Crippen molar-refractivity contribution >= 4 is 0 Å². The van der Waals surface area contributed by atoms with Crippen molar-refractivity contribution in [3.63, 3.8) is 0 Å². The number of hydrogen-bond acceptors (Lipinski definition) is 5. The van der Waals surface area contributed by atoms with E-state index in [-0.39, 0.29) is 0 Å². The van der Waals surface area contributed by atoms with Crippen LogP contribution in [0.3, 0.4) is 0 Å². The standard InChI is InChI=1S/C20H23N3O3/c1-24-17-7-4-14(5-8-17)20-16(13-22-23-20)12-21-11-15-6-9-18(25-2)10-19(15)26-3/h4-10,13,21H,11-12H2,1-3H3,(H,22,23). The lowest BCUT2D eigenvalue weighted by Crippen LogP contribution is -2.13. The van der Waals surface area contributed by atoms with E-state index in [0.29, 0.717) is 13.1 Å². The molecule has 0 atom stereocenters. The minimum Gasteiger partial charge on any atom is -0.497 e. The summed E-state index contributed by atoms with van der Waals surface area (Å²) in [6, 6.07) is 13.7. The van der Waals surface area contributed by atoms with E-state index in [1.807, 2.05) is 48.7 Å². The van der Waals surface area contributed by atoms with Crippen molar-refractivity contribution in [1.82, 2.24) is 15.5 Å². The second kappa shape index (κ2) is 8.40. The van der Waals surface area contributed by atoms with Crippen LogP contribution in [0.25, 0.3) is 11.3 Å². The first kappa shape index (κ1) is 17.8. The fraction of sp³-hybridized carbons (Fsp3) is 0.250. The molecule has 136 valence electrons. The van der Waals surface area contributed by atoms with Crippen LogP contribution in [0, 0.1) is 0 Å². The Labute approximate surface area is 153 Å². The molecule has 2 N–H and O–H groups in total. The fourth-order valence-electron chi connectivity index (χ4n) is 2.78. The highest BCUT2D eigenvalue weighted by Gasteiger charge is 2.09. The summed E-state index contributed by atoms with van der Waals surface area (Å²) in [5.41, 5.74) is 4.24. The third kappa shape index (κ3) is 3.97. The van der Waals surface area contributed by atoms with Gasteiger partial charge in [0, 0.05) is 35.8 Å². The van der Waals surface area contributed by atoms with Gasteiger partial charge in [0.25, 0.3) is 0 Å². The summed E-state index contributed by atoms with van der Waals surface area (Å²) in [5, 5.41) is 10.7. The summed E-state index contributed by atoms with van der Waals surface area (Å²) in [7, 11) is 4.97. The topological polar surface area (TPSA) is 68.4 Å². The Bertz CT molecular complexity index is 844. The maximum Gasteiger partial charge on any atom is 0.127 e. The van der Waals surface area contributed by atoms with Crippen molar-refractivity contribution in [3.05, 3.63) is 59.8 Å². The van der Waals surface area contributed by atoms with Gasteiger partial charge in [-0.05, 0) is 30.3 Å². The van der Waals surface area contributed by atoms with Crippen molar-refractivity contribution in [2.24, 2.45) is 0 Å². The smallest absolute Gasteiger partial charge is 0.127 e. The number of nitrogens with one attached hydrogen (secondary N) is 2. The van der Waals surface area contributed by atoms with E-state index in [1.165, 1.54) is 0 Å². The monoisotopic (exact) mass is 353 g/mol. The number of hydrogen-bond donors (Lipinski definition) is 2. The van der Waals surface area contributed by atoms with E-state index in [1.54, 1.807) is 21.3 Å². The molecule has 3 rings (SSSR count). The van der Waals surface area contributed by atoms with Gasteiger partial charge in [0.2, 0.25) is 0 Å². The number of rotatable bonds is 8. The second-order valence-corrected chi connectivity index (χ2v) is 5.78. The summed E-state index contributed by atoms with van der Waals surface area (Å²) in [5.74, 6) is 2.42. The molecule has 0 fully saturated rings. The molecular weight excluding hydrogens is 330 g/mol. The lowest BCUT2D eigenvalue weighted by atomic mass is 10.1. The van der Waals surface area contributed by atoms with Crippen LogP contribution >= 0.6 is 0 Å². The lowest BCUT2D eigenvalue weighted by molar-refractivity contribution is 0.390. The molecule has 0 radical (unpaired) electrons. The van der Waals surface area contributed by atoms with Crippen LogP contribution in [0.1, 0.15) is 11.1 Å². The number of nitrogens with zero attached hydrogens (tertiary/aromatic N) is 1. The molecule has 1 heterocycles. The molecule has 0 saturated carbocycles. The molecule has 0 aliphatic heterocycles. The van der Waals surface area contributed by atoms with Crippen LogP contribution in [-0.2, 0) is 13.1 Å². The Morgan fingerprint density at radius 3 is 2.23 bits per heavy atom. The number of methoxy groups -OCH3 is 3. The second-order valence-electron chi connectivity index (χ2n) is 5.78. The van der Waals surface area contributed by atoms with Crippen LogP contribution in [0.5, 0.6) is 17.2 Å². The molecule has 3 aromatic rings. The fourth-order valence-corrected chi connectivity index (χ4v) is 2.78. The Balaban J connectivity index is 1.67. The molecule has 0 aliphatic carbocycles. The highest BCUT2D eigenvalue weighted by Crippen LogP contribution is 2.26. The van der Waals surface area contributed by atoms with Crippen molar-refractivity contribution in [2.45, 2.75) is 13.1 Å². The highest BCUT2D eigenvalue weighted by atomic mass is 16.5.